The van der Waals surface area contributed by atoms with Crippen molar-refractivity contribution in [2.24, 2.45) is 0 Å². The fraction of sp³-hybridized carbons (Fsp3) is 0.316. The monoisotopic (exact) mass is 376 g/mol. The molecule has 122 valence electrons. The third-order valence-electron chi connectivity index (χ3n) is 3.46. The molecule has 2 aromatic rings. The van der Waals surface area contributed by atoms with Gasteiger partial charge in [0.15, 0.2) is 0 Å². The van der Waals surface area contributed by atoms with Gasteiger partial charge in [-0.3, -0.25) is 0 Å². The maximum absolute atomic E-state index is 12.4. The van der Waals surface area contributed by atoms with E-state index in [2.05, 4.69) is 29.8 Å². The summed E-state index contributed by atoms with van der Waals surface area (Å²) in [5.74, 6) is 1.24. The van der Waals surface area contributed by atoms with Crippen LogP contribution in [0.1, 0.15) is 48.2 Å². The zero-order chi connectivity index (χ0) is 17.0. The predicted octanol–water partition coefficient (Wildman–Crippen LogP) is 5.50. The van der Waals surface area contributed by atoms with Crippen molar-refractivity contribution in [3.63, 3.8) is 0 Å². The number of halogens is 1. The normalized spacial score (nSPS) is 10.7. The SMILES string of the molecule is CCOc1ccc(C(=O)Oc2cc(C)ccc2C(C)C)cc1Br. The van der Waals surface area contributed by atoms with Crippen molar-refractivity contribution < 1.29 is 14.3 Å². The van der Waals surface area contributed by atoms with Crippen molar-refractivity contribution in [2.75, 3.05) is 6.61 Å². The van der Waals surface area contributed by atoms with Crippen LogP contribution in [0.15, 0.2) is 40.9 Å². The summed E-state index contributed by atoms with van der Waals surface area (Å²) in [5.41, 5.74) is 2.57. The number of hydrogen-bond acceptors (Lipinski definition) is 3. The number of carbonyl (C=O) groups is 1. The second kappa shape index (κ2) is 7.64. The van der Waals surface area contributed by atoms with Crippen LogP contribution in [0.3, 0.4) is 0 Å². The molecule has 0 radical (unpaired) electrons. The number of carbonyl (C=O) groups excluding carboxylic acids is 1. The highest BCUT2D eigenvalue weighted by atomic mass is 79.9. The first-order valence-electron chi connectivity index (χ1n) is 7.67. The third kappa shape index (κ3) is 4.35. The molecule has 0 aliphatic rings. The minimum atomic E-state index is -0.374. The molecule has 4 heteroatoms. The fourth-order valence-electron chi connectivity index (χ4n) is 2.27. The lowest BCUT2D eigenvalue weighted by atomic mass is 10.0. The highest BCUT2D eigenvalue weighted by Crippen LogP contribution is 2.30. The number of aryl methyl sites for hydroxylation is 1. The van der Waals surface area contributed by atoms with E-state index in [0.717, 1.165) is 15.6 Å². The van der Waals surface area contributed by atoms with Crippen molar-refractivity contribution in [3.8, 4) is 11.5 Å². The van der Waals surface area contributed by atoms with Gasteiger partial charge in [0, 0.05) is 0 Å². The van der Waals surface area contributed by atoms with Crippen LogP contribution in [0.4, 0.5) is 0 Å². The van der Waals surface area contributed by atoms with E-state index >= 15 is 0 Å². The fourth-order valence-corrected chi connectivity index (χ4v) is 2.76. The van der Waals surface area contributed by atoms with E-state index in [1.165, 1.54) is 0 Å². The standard InChI is InChI=1S/C19H21BrO3/c1-5-22-17-9-7-14(11-16(17)20)19(21)23-18-10-13(4)6-8-15(18)12(2)3/h6-12H,5H2,1-4H3. The Bertz CT molecular complexity index is 708. The average molecular weight is 377 g/mol. The lowest BCUT2D eigenvalue weighted by Gasteiger charge is -2.14. The molecule has 0 saturated carbocycles. The molecule has 0 aromatic heterocycles. The minimum absolute atomic E-state index is 0.283. The zero-order valence-electron chi connectivity index (χ0n) is 13.9. The summed E-state index contributed by atoms with van der Waals surface area (Å²) in [6.07, 6.45) is 0. The van der Waals surface area contributed by atoms with Crippen LogP contribution in [0, 0.1) is 6.92 Å². The Morgan fingerprint density at radius 2 is 1.87 bits per heavy atom. The molecule has 2 aromatic carbocycles. The molecule has 0 amide bonds. The molecule has 3 nitrogen and oxygen atoms in total. The Labute approximate surface area is 145 Å². The van der Waals surface area contributed by atoms with Crippen LogP contribution >= 0.6 is 15.9 Å². The van der Waals surface area contributed by atoms with Crippen molar-refractivity contribution in [2.45, 2.75) is 33.6 Å². The molecule has 0 fully saturated rings. The van der Waals surface area contributed by atoms with Gasteiger partial charge in [-0.2, -0.15) is 0 Å². The van der Waals surface area contributed by atoms with Gasteiger partial charge >= 0.3 is 5.97 Å². The van der Waals surface area contributed by atoms with Gasteiger partial charge in [-0.15, -0.1) is 0 Å². The molecule has 0 heterocycles. The summed E-state index contributed by atoms with van der Waals surface area (Å²) in [5, 5.41) is 0. The summed E-state index contributed by atoms with van der Waals surface area (Å²) >= 11 is 3.42. The van der Waals surface area contributed by atoms with E-state index in [1.54, 1.807) is 18.2 Å². The molecule has 0 saturated heterocycles. The first-order valence-corrected chi connectivity index (χ1v) is 8.46. The predicted molar refractivity (Wildman–Crippen MR) is 95.5 cm³/mol. The Balaban J connectivity index is 2.26. The molecule has 0 bridgehead atoms. The van der Waals surface area contributed by atoms with Crippen molar-refractivity contribution in [3.05, 3.63) is 57.6 Å². The van der Waals surface area contributed by atoms with Crippen molar-refractivity contribution >= 4 is 21.9 Å². The van der Waals surface area contributed by atoms with E-state index < -0.39 is 0 Å². The molecule has 0 N–H and O–H groups in total. The van der Waals surface area contributed by atoms with Crippen LogP contribution < -0.4 is 9.47 Å². The van der Waals surface area contributed by atoms with Gasteiger partial charge in [-0.05, 0) is 71.1 Å². The van der Waals surface area contributed by atoms with Gasteiger partial charge < -0.3 is 9.47 Å². The highest BCUT2D eigenvalue weighted by Gasteiger charge is 2.15. The molecule has 0 atom stereocenters. The zero-order valence-corrected chi connectivity index (χ0v) is 15.4. The molecule has 0 unspecified atom stereocenters. The second-order valence-electron chi connectivity index (χ2n) is 5.66. The maximum atomic E-state index is 12.4. The number of benzene rings is 2. The van der Waals surface area contributed by atoms with E-state index in [1.807, 2.05) is 32.0 Å². The van der Waals surface area contributed by atoms with Gasteiger partial charge in [-0.1, -0.05) is 26.0 Å². The van der Waals surface area contributed by atoms with Crippen molar-refractivity contribution in [1.29, 1.82) is 0 Å². The van der Waals surface area contributed by atoms with Crippen LogP contribution in [0.5, 0.6) is 11.5 Å². The lowest BCUT2D eigenvalue weighted by Crippen LogP contribution is -2.10. The molecule has 0 aliphatic carbocycles. The molecular formula is C19H21BrO3. The quantitative estimate of drug-likeness (QED) is 0.510. The minimum Gasteiger partial charge on any atom is -0.493 e. The van der Waals surface area contributed by atoms with Gasteiger partial charge in [0.2, 0.25) is 0 Å². The number of rotatable bonds is 5. The molecule has 23 heavy (non-hydrogen) atoms. The van der Waals surface area contributed by atoms with E-state index in [0.29, 0.717) is 23.7 Å². The van der Waals surface area contributed by atoms with E-state index in [9.17, 15) is 4.79 Å². The maximum Gasteiger partial charge on any atom is 0.343 e. The Kier molecular flexibility index (Phi) is 5.83. The van der Waals surface area contributed by atoms with E-state index in [4.69, 9.17) is 9.47 Å². The molecular weight excluding hydrogens is 356 g/mol. The number of ether oxygens (including phenoxy) is 2. The first kappa shape index (κ1) is 17.5. The summed E-state index contributed by atoms with van der Waals surface area (Å²) in [6, 6.07) is 11.1. The van der Waals surface area contributed by atoms with Gasteiger partial charge in [-0.25, -0.2) is 4.79 Å². The third-order valence-corrected chi connectivity index (χ3v) is 4.08. The summed E-state index contributed by atoms with van der Waals surface area (Å²) < 4.78 is 11.8. The second-order valence-corrected chi connectivity index (χ2v) is 6.52. The topological polar surface area (TPSA) is 35.5 Å². The van der Waals surface area contributed by atoms with Crippen LogP contribution in [0.25, 0.3) is 0 Å². The lowest BCUT2D eigenvalue weighted by molar-refractivity contribution is 0.0732. The average Bonchev–Trinajstić information content (AvgIpc) is 2.49. The first-order chi connectivity index (χ1) is 10.9. The molecule has 0 aliphatic heterocycles. The van der Waals surface area contributed by atoms with Crippen LogP contribution in [0.2, 0.25) is 0 Å². The van der Waals surface area contributed by atoms with Gasteiger partial charge in [0.05, 0.1) is 16.6 Å². The summed E-state index contributed by atoms with van der Waals surface area (Å²) in [6.45, 7) is 8.63. The largest absolute Gasteiger partial charge is 0.493 e. The Morgan fingerprint density at radius 1 is 1.13 bits per heavy atom. The number of hydrogen-bond donors (Lipinski definition) is 0. The van der Waals surface area contributed by atoms with Crippen molar-refractivity contribution in [1.82, 2.24) is 0 Å². The van der Waals surface area contributed by atoms with Gasteiger partial charge in [0.25, 0.3) is 0 Å². The number of esters is 1. The Morgan fingerprint density at radius 3 is 2.48 bits per heavy atom. The Hall–Kier alpha value is -1.81. The van der Waals surface area contributed by atoms with Crippen LogP contribution in [-0.4, -0.2) is 12.6 Å². The summed E-state index contributed by atoms with van der Waals surface area (Å²) in [4.78, 5) is 12.4. The highest BCUT2D eigenvalue weighted by molar-refractivity contribution is 9.10. The molecule has 0 spiro atoms. The van der Waals surface area contributed by atoms with Gasteiger partial charge in [0.1, 0.15) is 11.5 Å². The summed E-state index contributed by atoms with van der Waals surface area (Å²) in [7, 11) is 0. The smallest absolute Gasteiger partial charge is 0.343 e. The molecule has 2 rings (SSSR count). The van der Waals surface area contributed by atoms with E-state index in [-0.39, 0.29) is 11.9 Å². The van der Waals surface area contributed by atoms with Crippen LogP contribution in [-0.2, 0) is 0 Å².